The number of carbonyl (C=O) groups excluding carboxylic acids is 2. The maximum absolute atomic E-state index is 13.6. The molecule has 0 saturated carbocycles. The molecule has 0 unspecified atom stereocenters. The van der Waals surface area contributed by atoms with Gasteiger partial charge in [-0.25, -0.2) is 9.18 Å². The number of methoxy groups -OCH3 is 1. The molecule has 6 heteroatoms. The molecular weight excluding hydrogens is 325 g/mol. The molecule has 1 heterocycles. The summed E-state index contributed by atoms with van der Waals surface area (Å²) in [6.07, 6.45) is 0. The lowest BCUT2D eigenvalue weighted by atomic mass is 10.1. The molecule has 3 aromatic rings. The molecule has 25 heavy (non-hydrogen) atoms. The number of carbonyl (C=O) groups is 2. The van der Waals surface area contributed by atoms with Gasteiger partial charge in [0.1, 0.15) is 0 Å². The minimum atomic E-state index is -0.542. The first-order valence-electron chi connectivity index (χ1n) is 7.63. The number of nitrogens with zero attached hydrogens (tertiary/aromatic N) is 1. The molecule has 0 saturated heterocycles. The second kappa shape index (κ2) is 6.76. The van der Waals surface area contributed by atoms with Crippen LogP contribution in [0, 0.1) is 12.7 Å². The van der Waals surface area contributed by atoms with Crippen LogP contribution in [0.15, 0.2) is 48.5 Å². The van der Waals surface area contributed by atoms with Crippen molar-refractivity contribution < 1.29 is 23.5 Å². The fourth-order valence-corrected chi connectivity index (χ4v) is 2.81. The van der Waals surface area contributed by atoms with E-state index in [1.807, 2.05) is 0 Å². The Hall–Kier alpha value is -3.15. The van der Waals surface area contributed by atoms with Crippen molar-refractivity contribution in [2.45, 2.75) is 6.92 Å². The molecule has 0 amide bonds. The average molecular weight is 341 g/mol. The normalized spacial score (nSPS) is 10.7. The molecule has 5 nitrogen and oxygen atoms in total. The van der Waals surface area contributed by atoms with Gasteiger partial charge in [0.05, 0.1) is 18.2 Å². The zero-order valence-corrected chi connectivity index (χ0v) is 13.8. The Morgan fingerprint density at radius 2 is 1.76 bits per heavy atom. The summed E-state index contributed by atoms with van der Waals surface area (Å²) in [7, 11) is 1.29. The number of halogens is 1. The Labute approximate surface area is 143 Å². The molecule has 0 radical (unpaired) electrons. The number of ether oxygens (including phenoxy) is 2. The summed E-state index contributed by atoms with van der Waals surface area (Å²) in [6.45, 7) is 1.30. The Morgan fingerprint density at radius 1 is 1.08 bits per heavy atom. The van der Waals surface area contributed by atoms with Gasteiger partial charge in [-0.05, 0) is 25.1 Å². The number of para-hydroxylation sites is 2. The van der Waals surface area contributed by atoms with Crippen molar-refractivity contribution in [3.05, 3.63) is 65.6 Å². The number of esters is 1. The van der Waals surface area contributed by atoms with Crippen LogP contribution in [-0.4, -0.2) is 30.2 Å². The number of fused-ring (bicyclic) bond motifs is 1. The van der Waals surface area contributed by atoms with E-state index in [2.05, 4.69) is 0 Å². The van der Waals surface area contributed by atoms with Gasteiger partial charge >= 0.3 is 5.97 Å². The highest BCUT2D eigenvalue weighted by Gasteiger charge is 2.23. The highest BCUT2D eigenvalue weighted by atomic mass is 19.1. The molecule has 3 rings (SSSR count). The van der Waals surface area contributed by atoms with Crippen molar-refractivity contribution in [1.82, 2.24) is 4.57 Å². The monoisotopic (exact) mass is 341 g/mol. The molecule has 0 spiro atoms. The van der Waals surface area contributed by atoms with Crippen LogP contribution >= 0.6 is 0 Å². The zero-order chi connectivity index (χ0) is 18.0. The van der Waals surface area contributed by atoms with Crippen molar-refractivity contribution >= 4 is 22.8 Å². The number of benzene rings is 2. The summed E-state index contributed by atoms with van der Waals surface area (Å²) in [4.78, 5) is 24.7. The lowest BCUT2D eigenvalue weighted by Gasteiger charge is -2.09. The third-order valence-corrected chi connectivity index (χ3v) is 3.94. The largest absolute Gasteiger partial charge is 0.481 e. The quantitative estimate of drug-likeness (QED) is 0.681. The Balaban J connectivity index is 1.98. The Kier molecular flexibility index (Phi) is 4.52. The van der Waals surface area contributed by atoms with Gasteiger partial charge in [-0.2, -0.15) is 0 Å². The van der Waals surface area contributed by atoms with Crippen LogP contribution in [0.3, 0.4) is 0 Å². The number of rotatable bonds is 4. The van der Waals surface area contributed by atoms with Crippen LogP contribution in [-0.2, 0) is 4.74 Å². The van der Waals surface area contributed by atoms with Gasteiger partial charge in [0.25, 0.3) is 5.91 Å². The highest BCUT2D eigenvalue weighted by molar-refractivity contribution is 6.09. The number of hydrogen-bond acceptors (Lipinski definition) is 4. The smallest absolute Gasteiger partial charge is 0.340 e. The van der Waals surface area contributed by atoms with E-state index in [-0.39, 0.29) is 12.4 Å². The summed E-state index contributed by atoms with van der Waals surface area (Å²) >= 11 is 0. The topological polar surface area (TPSA) is 57.5 Å². The van der Waals surface area contributed by atoms with Crippen molar-refractivity contribution in [3.8, 4) is 5.75 Å². The molecule has 1 aromatic heterocycles. The molecular formula is C19H16FNO4. The summed E-state index contributed by atoms with van der Waals surface area (Å²) in [5, 5.41) is 0.617. The third-order valence-electron chi connectivity index (χ3n) is 3.94. The van der Waals surface area contributed by atoms with Crippen LogP contribution in [0.4, 0.5) is 4.39 Å². The van der Waals surface area contributed by atoms with Crippen LogP contribution in [0.25, 0.3) is 10.9 Å². The van der Waals surface area contributed by atoms with Gasteiger partial charge in [-0.15, -0.1) is 0 Å². The molecule has 0 aliphatic heterocycles. The fourth-order valence-electron chi connectivity index (χ4n) is 2.81. The van der Waals surface area contributed by atoms with Crippen LogP contribution in [0.1, 0.15) is 20.8 Å². The minimum absolute atomic E-state index is 0.00171. The minimum Gasteiger partial charge on any atom is -0.481 e. The van der Waals surface area contributed by atoms with Gasteiger partial charge in [-0.3, -0.25) is 9.36 Å². The molecule has 0 fully saturated rings. The van der Waals surface area contributed by atoms with E-state index in [4.69, 9.17) is 9.47 Å². The number of aromatic nitrogens is 1. The van der Waals surface area contributed by atoms with Crippen molar-refractivity contribution in [3.63, 3.8) is 0 Å². The van der Waals surface area contributed by atoms with E-state index < -0.39 is 17.7 Å². The number of hydrogen-bond donors (Lipinski definition) is 0. The summed E-state index contributed by atoms with van der Waals surface area (Å²) in [5.74, 6) is -1.47. The van der Waals surface area contributed by atoms with Gasteiger partial charge < -0.3 is 9.47 Å². The molecule has 0 aliphatic rings. The summed E-state index contributed by atoms with van der Waals surface area (Å²) < 4.78 is 25.1. The predicted octanol–water partition coefficient (Wildman–Crippen LogP) is 3.59. The lowest BCUT2D eigenvalue weighted by Crippen LogP contribution is -2.21. The first kappa shape index (κ1) is 16.7. The van der Waals surface area contributed by atoms with Crippen LogP contribution < -0.4 is 4.74 Å². The fraction of sp³-hybridized carbons (Fsp3) is 0.158. The SMILES string of the molecule is COC(=O)c1c(C)n(C(=O)COc2ccccc2F)c2ccccc12. The Morgan fingerprint density at radius 3 is 2.48 bits per heavy atom. The van der Waals surface area contributed by atoms with E-state index in [1.165, 1.54) is 29.9 Å². The summed E-state index contributed by atoms with van der Waals surface area (Å²) in [6, 6.07) is 12.9. The maximum Gasteiger partial charge on any atom is 0.340 e. The second-order valence-corrected chi connectivity index (χ2v) is 5.42. The van der Waals surface area contributed by atoms with Crippen LogP contribution in [0.5, 0.6) is 5.75 Å². The van der Waals surface area contributed by atoms with E-state index in [0.29, 0.717) is 22.2 Å². The summed E-state index contributed by atoms with van der Waals surface area (Å²) in [5.41, 5.74) is 1.36. The van der Waals surface area contributed by atoms with Crippen molar-refractivity contribution in [2.24, 2.45) is 0 Å². The molecule has 2 aromatic carbocycles. The molecule has 0 bridgehead atoms. The van der Waals surface area contributed by atoms with Gasteiger partial charge in [0.2, 0.25) is 0 Å². The molecule has 0 N–H and O–H groups in total. The third kappa shape index (κ3) is 2.98. The highest BCUT2D eigenvalue weighted by Crippen LogP contribution is 2.26. The molecule has 0 atom stereocenters. The van der Waals surface area contributed by atoms with E-state index >= 15 is 0 Å². The van der Waals surface area contributed by atoms with Gasteiger partial charge in [0, 0.05) is 11.1 Å². The van der Waals surface area contributed by atoms with E-state index in [0.717, 1.165) is 0 Å². The zero-order valence-electron chi connectivity index (χ0n) is 13.8. The first-order chi connectivity index (χ1) is 12.0. The first-order valence-corrected chi connectivity index (χ1v) is 7.63. The second-order valence-electron chi connectivity index (χ2n) is 5.42. The Bertz CT molecular complexity index is 961. The maximum atomic E-state index is 13.6. The van der Waals surface area contributed by atoms with Crippen molar-refractivity contribution in [1.29, 1.82) is 0 Å². The van der Waals surface area contributed by atoms with E-state index in [1.54, 1.807) is 37.3 Å². The standard InChI is InChI=1S/C19H16FNO4/c1-12-18(19(23)24-2)13-7-3-5-9-15(13)21(12)17(22)11-25-16-10-6-4-8-14(16)20/h3-10H,11H2,1-2H3. The van der Waals surface area contributed by atoms with Crippen molar-refractivity contribution in [2.75, 3.05) is 13.7 Å². The van der Waals surface area contributed by atoms with Gasteiger partial charge in [-0.1, -0.05) is 30.3 Å². The van der Waals surface area contributed by atoms with E-state index in [9.17, 15) is 14.0 Å². The van der Waals surface area contributed by atoms with Gasteiger partial charge in [0.15, 0.2) is 18.2 Å². The average Bonchev–Trinajstić information content (AvgIpc) is 2.92. The van der Waals surface area contributed by atoms with Crippen LogP contribution in [0.2, 0.25) is 0 Å². The lowest BCUT2D eigenvalue weighted by molar-refractivity contribution is 0.0602. The molecule has 128 valence electrons. The molecule has 0 aliphatic carbocycles. The predicted molar refractivity (Wildman–Crippen MR) is 90.5 cm³/mol.